The second kappa shape index (κ2) is 8.92. The van der Waals surface area contributed by atoms with E-state index in [1.54, 1.807) is 11.3 Å². The summed E-state index contributed by atoms with van der Waals surface area (Å²) in [5, 5.41) is 5.43. The molecule has 0 aliphatic heterocycles. The number of imidazole rings is 1. The van der Waals surface area contributed by atoms with Gasteiger partial charge < -0.3 is 9.13 Å². The molecule has 5 rings (SSSR count). The Kier molecular flexibility index (Phi) is 5.69. The lowest BCUT2D eigenvalue weighted by Crippen LogP contribution is -2.17. The number of halogens is 1. The van der Waals surface area contributed by atoms with Crippen molar-refractivity contribution < 1.29 is 0 Å². The van der Waals surface area contributed by atoms with E-state index in [0.29, 0.717) is 0 Å². The fourth-order valence-electron chi connectivity index (χ4n) is 3.76. The van der Waals surface area contributed by atoms with Crippen molar-refractivity contribution in [3.63, 3.8) is 0 Å². The second-order valence-electron chi connectivity index (χ2n) is 7.32. The molecule has 2 heterocycles. The molecule has 0 unspecified atom stereocenters. The molecule has 0 amide bonds. The monoisotopic (exact) mass is 444 g/mol. The first-order chi connectivity index (χ1) is 15.3. The lowest BCUT2D eigenvalue weighted by molar-refractivity contribution is 0.559. The van der Waals surface area contributed by atoms with E-state index in [1.807, 2.05) is 43.0 Å². The van der Waals surface area contributed by atoms with Gasteiger partial charge in [-0.25, -0.2) is 9.98 Å². The summed E-state index contributed by atoms with van der Waals surface area (Å²) in [6.07, 6.45) is 6.67. The first-order valence-corrected chi connectivity index (χ1v) is 11.5. The Bertz CT molecular complexity index is 1360. The fraction of sp³-hybridized carbons (Fsp3) is 0.120. The predicted octanol–water partition coefficient (Wildman–Crippen LogP) is 6.54. The van der Waals surface area contributed by atoms with Crippen LogP contribution in [-0.2, 0) is 13.1 Å². The van der Waals surface area contributed by atoms with Crippen molar-refractivity contribution in [2.45, 2.75) is 19.5 Å². The van der Waals surface area contributed by atoms with Crippen LogP contribution in [0, 0.1) is 0 Å². The SMILES string of the molecule is Clc1ccc(N=c2scc(-c3cccc4ccccc34)n2CCCn2ccnc2)cc1. The van der Waals surface area contributed by atoms with Gasteiger partial charge >= 0.3 is 0 Å². The maximum atomic E-state index is 6.05. The summed E-state index contributed by atoms with van der Waals surface area (Å²) in [5.41, 5.74) is 3.33. The Balaban J connectivity index is 1.58. The number of nitrogens with zero attached hydrogens (tertiary/aromatic N) is 4. The van der Waals surface area contributed by atoms with Crippen LogP contribution in [0.5, 0.6) is 0 Å². The highest BCUT2D eigenvalue weighted by atomic mass is 35.5. The van der Waals surface area contributed by atoms with E-state index in [1.165, 1.54) is 22.0 Å². The number of fused-ring (bicyclic) bond motifs is 1. The van der Waals surface area contributed by atoms with E-state index in [0.717, 1.165) is 35.0 Å². The summed E-state index contributed by atoms with van der Waals surface area (Å²) >= 11 is 7.72. The largest absolute Gasteiger partial charge is 0.337 e. The number of aryl methyl sites for hydroxylation is 1. The van der Waals surface area contributed by atoms with Gasteiger partial charge in [-0.2, -0.15) is 0 Å². The van der Waals surface area contributed by atoms with Gasteiger partial charge in [0.25, 0.3) is 0 Å². The zero-order chi connectivity index (χ0) is 21.0. The number of hydrogen-bond donors (Lipinski definition) is 0. The van der Waals surface area contributed by atoms with Gasteiger partial charge in [-0.1, -0.05) is 54.1 Å². The van der Waals surface area contributed by atoms with Gasteiger partial charge in [-0.15, -0.1) is 11.3 Å². The minimum Gasteiger partial charge on any atom is -0.337 e. The molecule has 0 fully saturated rings. The summed E-state index contributed by atoms with van der Waals surface area (Å²) in [7, 11) is 0. The molecule has 0 saturated carbocycles. The third-order valence-electron chi connectivity index (χ3n) is 5.27. The summed E-state index contributed by atoms with van der Waals surface area (Å²) in [4.78, 5) is 10.1. The molecule has 0 radical (unpaired) electrons. The zero-order valence-electron chi connectivity index (χ0n) is 16.9. The third kappa shape index (κ3) is 4.33. The van der Waals surface area contributed by atoms with Crippen LogP contribution < -0.4 is 4.80 Å². The van der Waals surface area contributed by atoms with Crippen molar-refractivity contribution in [2.75, 3.05) is 0 Å². The molecule has 4 nitrogen and oxygen atoms in total. The first-order valence-electron chi connectivity index (χ1n) is 10.2. The van der Waals surface area contributed by atoms with Gasteiger partial charge in [-0.3, -0.25) is 0 Å². The average molecular weight is 445 g/mol. The van der Waals surface area contributed by atoms with Crippen molar-refractivity contribution in [3.8, 4) is 11.3 Å². The van der Waals surface area contributed by atoms with Gasteiger partial charge in [0.2, 0.25) is 0 Å². The molecule has 0 aliphatic carbocycles. The molecule has 0 atom stereocenters. The molecule has 0 spiro atoms. The Morgan fingerprint density at radius 2 is 1.77 bits per heavy atom. The van der Waals surface area contributed by atoms with E-state index >= 15 is 0 Å². The van der Waals surface area contributed by atoms with E-state index in [9.17, 15) is 0 Å². The lowest BCUT2D eigenvalue weighted by atomic mass is 10.0. The van der Waals surface area contributed by atoms with Gasteiger partial charge in [0, 0.05) is 41.4 Å². The fourth-order valence-corrected chi connectivity index (χ4v) is 4.83. The van der Waals surface area contributed by atoms with Crippen LogP contribution >= 0.6 is 22.9 Å². The van der Waals surface area contributed by atoms with Crippen molar-refractivity contribution in [1.82, 2.24) is 14.1 Å². The quantitative estimate of drug-likeness (QED) is 0.292. The predicted molar refractivity (Wildman–Crippen MR) is 129 cm³/mol. The Labute approximate surface area is 189 Å². The van der Waals surface area contributed by atoms with Crippen LogP contribution in [-0.4, -0.2) is 14.1 Å². The molecule has 154 valence electrons. The zero-order valence-corrected chi connectivity index (χ0v) is 18.4. The molecule has 0 aliphatic rings. The van der Waals surface area contributed by atoms with Crippen molar-refractivity contribution in [3.05, 3.63) is 101 Å². The van der Waals surface area contributed by atoms with Crippen LogP contribution in [0.2, 0.25) is 5.02 Å². The summed E-state index contributed by atoms with van der Waals surface area (Å²) in [6.45, 7) is 1.78. The highest BCUT2D eigenvalue weighted by Gasteiger charge is 2.11. The molecule has 6 heteroatoms. The van der Waals surface area contributed by atoms with Gasteiger partial charge in [0.1, 0.15) is 0 Å². The lowest BCUT2D eigenvalue weighted by Gasteiger charge is -2.12. The van der Waals surface area contributed by atoms with E-state index < -0.39 is 0 Å². The molecule has 3 aromatic carbocycles. The number of rotatable bonds is 6. The molecule has 5 aromatic rings. The van der Waals surface area contributed by atoms with Crippen molar-refractivity contribution in [1.29, 1.82) is 0 Å². The number of aromatic nitrogens is 3. The summed E-state index contributed by atoms with van der Waals surface area (Å²) in [5.74, 6) is 0. The second-order valence-corrected chi connectivity index (χ2v) is 8.60. The van der Waals surface area contributed by atoms with E-state index in [-0.39, 0.29) is 0 Å². The average Bonchev–Trinajstić information content (AvgIpc) is 3.45. The minimum atomic E-state index is 0.717. The van der Waals surface area contributed by atoms with Gasteiger partial charge in [0.05, 0.1) is 17.7 Å². The van der Waals surface area contributed by atoms with E-state index in [4.69, 9.17) is 16.6 Å². The van der Waals surface area contributed by atoms with Crippen LogP contribution in [0.15, 0.2) is 95.8 Å². The Morgan fingerprint density at radius 1 is 0.935 bits per heavy atom. The number of thiazole rings is 1. The topological polar surface area (TPSA) is 35.1 Å². The maximum absolute atomic E-state index is 6.05. The summed E-state index contributed by atoms with van der Waals surface area (Å²) < 4.78 is 4.44. The molecular formula is C25H21ClN4S. The summed E-state index contributed by atoms with van der Waals surface area (Å²) in [6, 6.07) is 22.7. The normalized spacial score (nSPS) is 12.0. The smallest absolute Gasteiger partial charge is 0.190 e. The standard InChI is InChI=1S/C25H21ClN4S/c26-20-9-11-21(12-10-20)28-25-30(15-4-14-29-16-13-27-18-29)24(17-31-25)23-8-3-6-19-5-1-2-7-22(19)23/h1-3,5-13,16-18H,4,14-15H2. The highest BCUT2D eigenvalue weighted by Crippen LogP contribution is 2.29. The minimum absolute atomic E-state index is 0.717. The Hall–Kier alpha value is -3.15. The number of benzene rings is 3. The van der Waals surface area contributed by atoms with Crippen LogP contribution in [0.1, 0.15) is 6.42 Å². The van der Waals surface area contributed by atoms with Crippen molar-refractivity contribution in [2.24, 2.45) is 4.99 Å². The van der Waals surface area contributed by atoms with Gasteiger partial charge in [-0.05, 0) is 41.5 Å². The Morgan fingerprint density at radius 3 is 2.61 bits per heavy atom. The number of hydrogen-bond acceptors (Lipinski definition) is 3. The molecule has 0 N–H and O–H groups in total. The van der Waals surface area contributed by atoms with E-state index in [2.05, 4.69) is 62.0 Å². The maximum Gasteiger partial charge on any atom is 0.190 e. The molecular weight excluding hydrogens is 424 g/mol. The molecule has 0 saturated heterocycles. The van der Waals surface area contributed by atoms with Crippen molar-refractivity contribution >= 4 is 39.4 Å². The van der Waals surface area contributed by atoms with Crippen LogP contribution in [0.25, 0.3) is 22.0 Å². The highest BCUT2D eigenvalue weighted by molar-refractivity contribution is 7.07. The molecule has 31 heavy (non-hydrogen) atoms. The molecule has 0 bridgehead atoms. The molecule has 2 aromatic heterocycles. The van der Waals surface area contributed by atoms with Crippen LogP contribution in [0.4, 0.5) is 5.69 Å². The van der Waals surface area contributed by atoms with Gasteiger partial charge in [0.15, 0.2) is 4.80 Å². The van der Waals surface area contributed by atoms with Crippen LogP contribution in [0.3, 0.4) is 0 Å². The third-order valence-corrected chi connectivity index (χ3v) is 6.39. The first kappa shape index (κ1) is 19.8.